The predicted octanol–water partition coefficient (Wildman–Crippen LogP) is 1.08. The van der Waals surface area contributed by atoms with E-state index in [1.807, 2.05) is 6.92 Å². The molecule has 118 valence electrons. The highest BCUT2D eigenvalue weighted by atomic mass is 32.2. The maximum absolute atomic E-state index is 11.8. The Morgan fingerprint density at radius 1 is 1.33 bits per heavy atom. The van der Waals surface area contributed by atoms with Crippen molar-refractivity contribution in [3.05, 3.63) is 29.8 Å². The number of amides is 1. The summed E-state index contributed by atoms with van der Waals surface area (Å²) in [5, 5.41) is 12.4. The smallest absolute Gasteiger partial charge is 0.249 e. The van der Waals surface area contributed by atoms with Crippen molar-refractivity contribution < 1.29 is 18.3 Å². The number of carbonyl (C=O) groups is 1. The van der Waals surface area contributed by atoms with Crippen LogP contribution in [0.5, 0.6) is 0 Å². The van der Waals surface area contributed by atoms with Gasteiger partial charge in [0.05, 0.1) is 11.9 Å². The van der Waals surface area contributed by atoms with Gasteiger partial charge in [0.15, 0.2) is 0 Å². The lowest BCUT2D eigenvalue weighted by molar-refractivity contribution is -0.131. The summed E-state index contributed by atoms with van der Waals surface area (Å²) >= 11 is 0. The third kappa shape index (κ3) is 5.73. The fraction of sp³-hybridized carbons (Fsp3) is 0.500. The Hall–Kier alpha value is -1.60. The molecule has 0 fully saturated rings. The van der Waals surface area contributed by atoms with Gasteiger partial charge in [0.25, 0.3) is 0 Å². The first-order chi connectivity index (χ1) is 9.74. The molecule has 0 radical (unpaired) electrons. The molecular formula is C14H22N2O4S. The summed E-state index contributed by atoms with van der Waals surface area (Å²) in [6.45, 7) is 3.83. The van der Waals surface area contributed by atoms with E-state index in [0.717, 1.165) is 6.26 Å². The van der Waals surface area contributed by atoms with Gasteiger partial charge in [-0.15, -0.1) is 0 Å². The maximum Gasteiger partial charge on any atom is 0.249 e. The fourth-order valence-electron chi connectivity index (χ4n) is 1.74. The van der Waals surface area contributed by atoms with E-state index in [1.165, 1.54) is 0 Å². The molecule has 0 heterocycles. The highest BCUT2D eigenvalue weighted by Gasteiger charge is 2.20. The summed E-state index contributed by atoms with van der Waals surface area (Å²) in [5.74, 6) is -0.590. The van der Waals surface area contributed by atoms with Gasteiger partial charge in [0, 0.05) is 6.54 Å². The number of anilines is 1. The van der Waals surface area contributed by atoms with E-state index in [1.54, 1.807) is 31.2 Å². The second-order valence-electron chi connectivity index (χ2n) is 5.08. The van der Waals surface area contributed by atoms with Crippen LogP contribution in [0.2, 0.25) is 0 Å². The molecule has 1 aromatic rings. The number of hydrogen-bond donors (Lipinski definition) is 3. The Kier molecular flexibility index (Phi) is 6.17. The molecule has 0 aromatic heterocycles. The SMILES string of the molecule is CC[C@H](C)[C@@H](O)C(=O)NCc1ccccc1NS(C)(=O)=O. The topological polar surface area (TPSA) is 95.5 Å². The molecule has 0 aliphatic heterocycles. The van der Waals surface area contributed by atoms with Gasteiger partial charge in [0.1, 0.15) is 6.10 Å². The first-order valence-electron chi connectivity index (χ1n) is 6.76. The number of aliphatic hydroxyl groups is 1. The molecule has 0 saturated carbocycles. The molecule has 1 amide bonds. The first-order valence-corrected chi connectivity index (χ1v) is 8.65. The second-order valence-corrected chi connectivity index (χ2v) is 6.83. The number of para-hydroxylation sites is 1. The number of nitrogens with one attached hydrogen (secondary N) is 2. The quantitative estimate of drug-likeness (QED) is 0.702. The Balaban J connectivity index is 2.74. The molecule has 0 bridgehead atoms. The van der Waals surface area contributed by atoms with Crippen molar-refractivity contribution in [1.29, 1.82) is 0 Å². The van der Waals surface area contributed by atoms with Crippen molar-refractivity contribution >= 4 is 21.6 Å². The summed E-state index contributed by atoms with van der Waals surface area (Å²) < 4.78 is 25.0. The zero-order chi connectivity index (χ0) is 16.0. The van der Waals surface area contributed by atoms with Crippen LogP contribution in [-0.4, -0.2) is 31.8 Å². The zero-order valence-corrected chi connectivity index (χ0v) is 13.3. The molecule has 1 aromatic carbocycles. The van der Waals surface area contributed by atoms with Crippen LogP contribution in [0.4, 0.5) is 5.69 Å². The van der Waals surface area contributed by atoms with Gasteiger partial charge in [-0.3, -0.25) is 9.52 Å². The van der Waals surface area contributed by atoms with Crippen molar-refractivity contribution in [2.45, 2.75) is 32.9 Å². The summed E-state index contributed by atoms with van der Waals surface area (Å²) in [4.78, 5) is 11.8. The number of benzene rings is 1. The van der Waals surface area contributed by atoms with Gasteiger partial charge in [-0.25, -0.2) is 8.42 Å². The lowest BCUT2D eigenvalue weighted by atomic mass is 10.0. The van der Waals surface area contributed by atoms with E-state index in [9.17, 15) is 18.3 Å². The fourth-order valence-corrected chi connectivity index (χ4v) is 2.34. The van der Waals surface area contributed by atoms with Crippen molar-refractivity contribution in [2.24, 2.45) is 5.92 Å². The van der Waals surface area contributed by atoms with Gasteiger partial charge in [-0.1, -0.05) is 38.5 Å². The molecular weight excluding hydrogens is 292 g/mol. The van der Waals surface area contributed by atoms with Crippen LogP contribution < -0.4 is 10.0 Å². The van der Waals surface area contributed by atoms with E-state index in [4.69, 9.17) is 0 Å². The Morgan fingerprint density at radius 2 is 1.95 bits per heavy atom. The lowest BCUT2D eigenvalue weighted by Gasteiger charge is -2.17. The molecule has 0 aliphatic rings. The minimum absolute atomic E-state index is 0.130. The number of rotatable bonds is 7. The molecule has 0 aliphatic carbocycles. The van der Waals surface area contributed by atoms with Gasteiger partial charge in [-0.2, -0.15) is 0 Å². The third-order valence-electron chi connectivity index (χ3n) is 3.22. The standard InChI is InChI=1S/C14H22N2O4S/c1-4-10(2)13(17)14(18)15-9-11-7-5-6-8-12(11)16-21(3,19)20/h5-8,10,13,16-17H,4,9H2,1-3H3,(H,15,18)/t10-,13+/m0/s1. The van der Waals surface area contributed by atoms with E-state index in [0.29, 0.717) is 17.7 Å². The third-order valence-corrected chi connectivity index (χ3v) is 3.81. The highest BCUT2D eigenvalue weighted by Crippen LogP contribution is 2.16. The van der Waals surface area contributed by atoms with Crippen LogP contribution in [0.3, 0.4) is 0 Å². The van der Waals surface area contributed by atoms with E-state index >= 15 is 0 Å². The summed E-state index contributed by atoms with van der Waals surface area (Å²) in [5.41, 5.74) is 1.05. The van der Waals surface area contributed by atoms with Crippen molar-refractivity contribution in [3.63, 3.8) is 0 Å². The molecule has 0 spiro atoms. The maximum atomic E-state index is 11.8. The highest BCUT2D eigenvalue weighted by molar-refractivity contribution is 7.92. The van der Waals surface area contributed by atoms with E-state index in [2.05, 4.69) is 10.0 Å². The van der Waals surface area contributed by atoms with Gasteiger partial charge >= 0.3 is 0 Å². The Labute approximate surface area is 125 Å². The summed E-state index contributed by atoms with van der Waals surface area (Å²) in [7, 11) is -3.38. The number of hydrogen-bond acceptors (Lipinski definition) is 4. The van der Waals surface area contributed by atoms with Crippen molar-refractivity contribution in [3.8, 4) is 0 Å². The monoisotopic (exact) mass is 314 g/mol. The van der Waals surface area contributed by atoms with Gasteiger partial charge < -0.3 is 10.4 Å². The molecule has 3 N–H and O–H groups in total. The van der Waals surface area contributed by atoms with Gasteiger partial charge in [0.2, 0.25) is 15.9 Å². The van der Waals surface area contributed by atoms with Crippen LogP contribution in [0.1, 0.15) is 25.8 Å². The minimum Gasteiger partial charge on any atom is -0.383 e. The lowest BCUT2D eigenvalue weighted by Crippen LogP contribution is -2.38. The second kappa shape index (κ2) is 7.42. The molecule has 2 atom stereocenters. The van der Waals surface area contributed by atoms with Crippen LogP contribution in [-0.2, 0) is 21.4 Å². The zero-order valence-electron chi connectivity index (χ0n) is 12.5. The van der Waals surface area contributed by atoms with Crippen LogP contribution in [0, 0.1) is 5.92 Å². The molecule has 0 saturated heterocycles. The first kappa shape index (κ1) is 17.5. The van der Waals surface area contributed by atoms with Crippen LogP contribution >= 0.6 is 0 Å². The van der Waals surface area contributed by atoms with E-state index in [-0.39, 0.29) is 12.5 Å². The Morgan fingerprint density at radius 3 is 2.52 bits per heavy atom. The molecule has 21 heavy (non-hydrogen) atoms. The van der Waals surface area contributed by atoms with Crippen LogP contribution in [0.15, 0.2) is 24.3 Å². The predicted molar refractivity (Wildman–Crippen MR) is 82.2 cm³/mol. The number of sulfonamides is 1. The minimum atomic E-state index is -3.38. The summed E-state index contributed by atoms with van der Waals surface area (Å²) in [6, 6.07) is 6.78. The van der Waals surface area contributed by atoms with Gasteiger partial charge in [-0.05, 0) is 17.5 Å². The summed E-state index contributed by atoms with van der Waals surface area (Å²) in [6.07, 6.45) is 0.695. The van der Waals surface area contributed by atoms with Crippen molar-refractivity contribution in [1.82, 2.24) is 5.32 Å². The van der Waals surface area contributed by atoms with Crippen LogP contribution in [0.25, 0.3) is 0 Å². The molecule has 7 heteroatoms. The normalized spacial score (nSPS) is 14.3. The average Bonchev–Trinajstić information content (AvgIpc) is 2.42. The molecule has 1 rings (SSSR count). The molecule has 0 unspecified atom stereocenters. The Bertz CT molecular complexity index is 586. The number of aliphatic hydroxyl groups excluding tert-OH is 1. The average molecular weight is 314 g/mol. The molecule has 6 nitrogen and oxygen atoms in total. The number of carbonyl (C=O) groups excluding carboxylic acids is 1. The van der Waals surface area contributed by atoms with E-state index < -0.39 is 22.0 Å². The largest absolute Gasteiger partial charge is 0.383 e. The van der Waals surface area contributed by atoms with Crippen molar-refractivity contribution in [2.75, 3.05) is 11.0 Å².